The zero-order valence-electron chi connectivity index (χ0n) is 17.7. The summed E-state index contributed by atoms with van der Waals surface area (Å²) >= 11 is 3.46. The van der Waals surface area contributed by atoms with E-state index in [1.165, 1.54) is 24.3 Å². The second-order valence-corrected chi connectivity index (χ2v) is 16.7. The van der Waals surface area contributed by atoms with Crippen molar-refractivity contribution in [2.75, 3.05) is 14.1 Å². The fraction of sp³-hybridized carbons (Fsp3) is 0.474. The molecular formula is C19H28BrN3O3SSi. The molecule has 0 bridgehead atoms. The molecule has 28 heavy (non-hydrogen) atoms. The number of benzene rings is 1. The molecule has 0 atom stereocenters. The van der Waals surface area contributed by atoms with Gasteiger partial charge in [-0.15, -0.1) is 0 Å². The summed E-state index contributed by atoms with van der Waals surface area (Å²) in [7, 11) is -3.20. The van der Waals surface area contributed by atoms with E-state index in [0.29, 0.717) is 15.5 Å². The highest BCUT2D eigenvalue weighted by Gasteiger charge is 2.43. The molecule has 0 aliphatic heterocycles. The maximum atomic E-state index is 13.2. The van der Waals surface area contributed by atoms with Crippen molar-refractivity contribution in [1.82, 2.24) is 13.3 Å². The van der Waals surface area contributed by atoms with Crippen molar-refractivity contribution in [3.05, 3.63) is 45.7 Å². The maximum Gasteiger partial charge on any atom is 0.308 e. The number of hydrogen-bond donors (Lipinski definition) is 0. The normalized spacial score (nSPS) is 13.2. The molecule has 0 saturated carbocycles. The molecule has 0 N–H and O–H groups in total. The number of carbonyl (C=O) groups is 1. The van der Waals surface area contributed by atoms with Gasteiger partial charge in [-0.1, -0.05) is 46.0 Å². The van der Waals surface area contributed by atoms with Crippen LogP contribution in [0, 0.1) is 6.92 Å². The highest BCUT2D eigenvalue weighted by Crippen LogP contribution is 2.35. The van der Waals surface area contributed by atoms with E-state index < -0.39 is 18.3 Å². The van der Waals surface area contributed by atoms with E-state index in [1.807, 2.05) is 13.0 Å². The minimum atomic E-state index is -3.81. The molecule has 1 heterocycles. The Morgan fingerprint density at radius 3 is 2.29 bits per heavy atom. The van der Waals surface area contributed by atoms with Crippen LogP contribution in [0.4, 0.5) is 0 Å². The van der Waals surface area contributed by atoms with Gasteiger partial charge in [-0.3, -0.25) is 4.79 Å². The van der Waals surface area contributed by atoms with Gasteiger partial charge in [0.1, 0.15) is 19.2 Å². The van der Waals surface area contributed by atoms with E-state index in [9.17, 15) is 13.2 Å². The van der Waals surface area contributed by atoms with Crippen LogP contribution in [0.3, 0.4) is 0 Å². The van der Waals surface area contributed by atoms with Crippen molar-refractivity contribution in [1.29, 1.82) is 0 Å². The van der Waals surface area contributed by atoms with E-state index in [4.69, 9.17) is 0 Å². The highest BCUT2D eigenvalue weighted by atomic mass is 79.9. The molecular weight excluding hydrogens is 458 g/mol. The minimum Gasteiger partial charge on any atom is -0.287 e. The van der Waals surface area contributed by atoms with Gasteiger partial charge in [0.25, 0.3) is 0 Å². The fourth-order valence-electron chi connectivity index (χ4n) is 2.54. The van der Waals surface area contributed by atoms with Crippen LogP contribution < -0.4 is 5.45 Å². The second kappa shape index (κ2) is 7.51. The van der Waals surface area contributed by atoms with E-state index >= 15 is 0 Å². The van der Waals surface area contributed by atoms with Crippen LogP contribution >= 0.6 is 15.9 Å². The Kier molecular flexibility index (Phi) is 6.17. The summed E-state index contributed by atoms with van der Waals surface area (Å²) < 4.78 is 29.0. The van der Waals surface area contributed by atoms with Gasteiger partial charge in [-0.25, -0.2) is 8.96 Å². The van der Waals surface area contributed by atoms with Gasteiger partial charge in [0.15, 0.2) is 0 Å². The SMILES string of the molecule is Cc1cccc(C(=O)c2cn(S(=O)(=O)N(C)C)c([Si](C)(C)C(C)(C)C)n2)c1Br. The van der Waals surface area contributed by atoms with Gasteiger partial charge >= 0.3 is 10.2 Å². The molecule has 2 rings (SSSR count). The number of hydrogen-bond acceptors (Lipinski definition) is 4. The van der Waals surface area contributed by atoms with Gasteiger partial charge in [-0.05, 0) is 39.5 Å². The number of rotatable bonds is 5. The quantitative estimate of drug-likeness (QED) is 0.479. The molecule has 6 nitrogen and oxygen atoms in total. The van der Waals surface area contributed by atoms with E-state index in [-0.39, 0.29) is 16.5 Å². The molecule has 0 saturated heterocycles. The summed E-state index contributed by atoms with van der Waals surface area (Å²) in [5.74, 6) is -0.303. The Bertz CT molecular complexity index is 1020. The molecule has 2 aromatic rings. The number of halogens is 1. The Labute approximate surface area is 177 Å². The molecule has 0 aliphatic carbocycles. The predicted octanol–water partition coefficient (Wildman–Crippen LogP) is 3.56. The van der Waals surface area contributed by atoms with Gasteiger partial charge < -0.3 is 0 Å². The van der Waals surface area contributed by atoms with Crippen LogP contribution in [0.25, 0.3) is 0 Å². The molecule has 1 aromatic heterocycles. The van der Waals surface area contributed by atoms with Crippen LogP contribution in [-0.2, 0) is 10.2 Å². The lowest BCUT2D eigenvalue weighted by atomic mass is 10.1. The average Bonchev–Trinajstić information content (AvgIpc) is 3.02. The summed E-state index contributed by atoms with van der Waals surface area (Å²) in [5, 5.41) is -0.151. The lowest BCUT2D eigenvalue weighted by Gasteiger charge is -2.36. The first-order valence-corrected chi connectivity index (χ1v) is 14.1. The van der Waals surface area contributed by atoms with Crippen LogP contribution in [0.5, 0.6) is 0 Å². The van der Waals surface area contributed by atoms with Gasteiger partial charge in [-0.2, -0.15) is 12.7 Å². The first-order chi connectivity index (χ1) is 12.6. The third kappa shape index (κ3) is 3.90. The molecule has 0 amide bonds. The van der Waals surface area contributed by atoms with E-state index in [2.05, 4.69) is 54.8 Å². The van der Waals surface area contributed by atoms with Crippen LogP contribution in [0.15, 0.2) is 28.9 Å². The Morgan fingerprint density at radius 2 is 1.79 bits per heavy atom. The van der Waals surface area contributed by atoms with Gasteiger partial charge in [0.2, 0.25) is 5.78 Å². The summed E-state index contributed by atoms with van der Waals surface area (Å²) in [5.41, 5.74) is 2.00. The molecule has 0 unspecified atom stereocenters. The number of nitrogens with zero attached hydrogens (tertiary/aromatic N) is 3. The zero-order chi connectivity index (χ0) is 21.7. The first kappa shape index (κ1) is 23.0. The topological polar surface area (TPSA) is 72.3 Å². The number of aryl methyl sites for hydroxylation is 1. The number of imidazole rings is 1. The van der Waals surface area contributed by atoms with Crippen molar-refractivity contribution in [2.45, 2.75) is 45.8 Å². The zero-order valence-corrected chi connectivity index (χ0v) is 21.1. The molecule has 0 fully saturated rings. The Balaban J connectivity index is 2.76. The summed E-state index contributed by atoms with van der Waals surface area (Å²) in [6, 6.07) is 5.41. The molecule has 0 spiro atoms. The lowest BCUT2D eigenvalue weighted by Crippen LogP contribution is -2.56. The lowest BCUT2D eigenvalue weighted by molar-refractivity contribution is 0.103. The van der Waals surface area contributed by atoms with Crippen molar-refractivity contribution in [2.24, 2.45) is 0 Å². The predicted molar refractivity (Wildman–Crippen MR) is 119 cm³/mol. The fourth-order valence-corrected chi connectivity index (χ4v) is 6.54. The van der Waals surface area contributed by atoms with Crippen molar-refractivity contribution >= 4 is 45.4 Å². The van der Waals surface area contributed by atoms with Crippen molar-refractivity contribution in [3.63, 3.8) is 0 Å². The van der Waals surface area contributed by atoms with Gasteiger partial charge in [0.05, 0.1) is 6.20 Å². The third-order valence-electron chi connectivity index (χ3n) is 5.49. The molecule has 9 heteroatoms. The smallest absolute Gasteiger partial charge is 0.287 e. The molecule has 154 valence electrons. The Hall–Kier alpha value is -1.29. The molecule has 0 aliphatic rings. The van der Waals surface area contributed by atoms with Crippen LogP contribution in [0.1, 0.15) is 42.4 Å². The Morgan fingerprint density at radius 1 is 1.21 bits per heavy atom. The summed E-state index contributed by atoms with van der Waals surface area (Å²) in [6.45, 7) is 12.3. The standard InChI is InChI=1S/C19H28BrN3O3SSi/c1-13-10-9-11-14(16(13)20)17(24)15-12-23(27(25,26)22(5)6)18(21-15)28(7,8)19(2,3)4/h9-12H,1-8H3. The summed E-state index contributed by atoms with van der Waals surface area (Å²) in [4.78, 5) is 17.8. The number of aromatic nitrogens is 2. The maximum absolute atomic E-state index is 13.2. The third-order valence-corrected chi connectivity index (χ3v) is 13.6. The molecule has 1 aromatic carbocycles. The van der Waals surface area contributed by atoms with Crippen molar-refractivity contribution < 1.29 is 13.2 Å². The van der Waals surface area contributed by atoms with E-state index in [1.54, 1.807) is 12.1 Å². The second-order valence-electron chi connectivity index (χ2n) is 8.68. The van der Waals surface area contributed by atoms with Crippen LogP contribution in [-0.4, -0.2) is 49.6 Å². The molecule has 0 radical (unpaired) electrons. The minimum absolute atomic E-state index is 0.136. The van der Waals surface area contributed by atoms with Gasteiger partial charge in [0, 0.05) is 24.1 Å². The highest BCUT2D eigenvalue weighted by molar-refractivity contribution is 9.10. The monoisotopic (exact) mass is 485 g/mol. The average molecular weight is 487 g/mol. The van der Waals surface area contributed by atoms with E-state index in [0.717, 1.165) is 9.87 Å². The summed E-state index contributed by atoms with van der Waals surface area (Å²) in [6.07, 6.45) is 1.36. The first-order valence-electron chi connectivity index (χ1n) is 8.95. The largest absolute Gasteiger partial charge is 0.308 e. The van der Waals surface area contributed by atoms with Crippen LogP contribution in [0.2, 0.25) is 18.1 Å². The number of ketones is 1. The van der Waals surface area contributed by atoms with Crippen molar-refractivity contribution in [3.8, 4) is 0 Å². The number of carbonyl (C=O) groups excluding carboxylic acids is 1.